The molecule has 2 aromatic rings. The summed E-state index contributed by atoms with van der Waals surface area (Å²) in [5.41, 5.74) is 2.50. The molecule has 0 saturated heterocycles. The third-order valence-corrected chi connectivity index (χ3v) is 3.24. The molecule has 0 amide bonds. The Bertz CT molecular complexity index is 679. The van der Waals surface area contributed by atoms with Gasteiger partial charge in [0, 0.05) is 41.5 Å². The Labute approximate surface area is 145 Å². The van der Waals surface area contributed by atoms with E-state index >= 15 is 0 Å². The topological polar surface area (TPSA) is 35.5 Å². The molecule has 3 nitrogen and oxygen atoms in total. The van der Waals surface area contributed by atoms with Crippen LogP contribution in [0.3, 0.4) is 0 Å². The van der Waals surface area contributed by atoms with Gasteiger partial charge in [0.25, 0.3) is 0 Å². The third-order valence-electron chi connectivity index (χ3n) is 3.24. The first-order valence-electron chi connectivity index (χ1n) is 6.45. The second-order valence-corrected chi connectivity index (χ2v) is 4.56. The molecule has 2 aromatic carbocycles. The third kappa shape index (κ3) is 3.21. The van der Waals surface area contributed by atoms with Crippen molar-refractivity contribution < 1.29 is 14.3 Å². The Kier molecular flexibility index (Phi) is 5.23. The minimum atomic E-state index is -0.343. The maximum atomic E-state index is 12.1. The SMILES string of the molecule is C=CCOC(=O)c1cccc2c1Cc1ccccc1O2.[Na]. The molecule has 1 radical (unpaired) electrons. The average Bonchev–Trinajstić information content (AvgIpc) is 2.50. The number of para-hydroxylation sites is 1. The first kappa shape index (κ1) is 15.8. The van der Waals surface area contributed by atoms with Crippen LogP contribution in [0.5, 0.6) is 11.5 Å². The van der Waals surface area contributed by atoms with Crippen LogP contribution in [0.4, 0.5) is 0 Å². The maximum absolute atomic E-state index is 12.1. The van der Waals surface area contributed by atoms with Crippen LogP contribution in [-0.2, 0) is 11.2 Å². The van der Waals surface area contributed by atoms with Crippen LogP contribution in [0.2, 0.25) is 0 Å². The van der Waals surface area contributed by atoms with E-state index in [0.29, 0.717) is 12.0 Å². The maximum Gasteiger partial charge on any atom is 0.338 e. The van der Waals surface area contributed by atoms with E-state index in [2.05, 4.69) is 6.58 Å². The number of esters is 1. The first-order valence-corrected chi connectivity index (χ1v) is 6.45. The van der Waals surface area contributed by atoms with E-state index in [0.717, 1.165) is 22.6 Å². The van der Waals surface area contributed by atoms with Gasteiger partial charge in [-0.15, -0.1) is 0 Å². The second kappa shape index (κ2) is 6.94. The van der Waals surface area contributed by atoms with E-state index in [1.807, 2.05) is 30.3 Å². The van der Waals surface area contributed by atoms with Crippen LogP contribution >= 0.6 is 0 Å². The number of hydrogen-bond acceptors (Lipinski definition) is 3. The van der Waals surface area contributed by atoms with Crippen molar-refractivity contribution >= 4 is 35.5 Å². The van der Waals surface area contributed by atoms with Crippen molar-refractivity contribution in [3.05, 3.63) is 71.8 Å². The zero-order valence-corrected chi connectivity index (χ0v) is 14.0. The fourth-order valence-electron chi connectivity index (χ4n) is 2.31. The molecule has 0 bridgehead atoms. The smallest absolute Gasteiger partial charge is 0.338 e. The summed E-state index contributed by atoms with van der Waals surface area (Å²) < 4.78 is 11.0. The molecule has 0 saturated carbocycles. The van der Waals surface area contributed by atoms with Gasteiger partial charge < -0.3 is 9.47 Å². The van der Waals surface area contributed by atoms with Crippen LogP contribution in [0.1, 0.15) is 21.5 Å². The van der Waals surface area contributed by atoms with E-state index < -0.39 is 0 Å². The van der Waals surface area contributed by atoms with Crippen molar-refractivity contribution in [1.82, 2.24) is 0 Å². The molecule has 1 heterocycles. The van der Waals surface area contributed by atoms with Crippen molar-refractivity contribution in [3.63, 3.8) is 0 Å². The Balaban J connectivity index is 0.00000161. The normalized spacial score (nSPS) is 11.2. The number of benzene rings is 2. The van der Waals surface area contributed by atoms with Crippen molar-refractivity contribution in [3.8, 4) is 11.5 Å². The number of carbonyl (C=O) groups is 1. The largest absolute Gasteiger partial charge is 0.458 e. The summed E-state index contributed by atoms with van der Waals surface area (Å²) in [6, 6.07) is 13.3. The summed E-state index contributed by atoms with van der Waals surface area (Å²) in [6.45, 7) is 3.75. The van der Waals surface area contributed by atoms with Gasteiger partial charge in [-0.3, -0.25) is 0 Å². The summed E-state index contributed by atoms with van der Waals surface area (Å²) in [6.07, 6.45) is 2.23. The summed E-state index contributed by atoms with van der Waals surface area (Å²) in [7, 11) is 0. The van der Waals surface area contributed by atoms with Crippen molar-refractivity contribution in [2.75, 3.05) is 6.61 Å². The molecule has 3 rings (SSSR count). The van der Waals surface area contributed by atoms with Gasteiger partial charge in [0.15, 0.2) is 0 Å². The van der Waals surface area contributed by atoms with Crippen LogP contribution < -0.4 is 4.74 Å². The molecule has 0 aromatic heterocycles. The average molecular weight is 289 g/mol. The number of rotatable bonds is 3. The number of hydrogen-bond donors (Lipinski definition) is 0. The van der Waals surface area contributed by atoms with Crippen LogP contribution in [0.25, 0.3) is 0 Å². The predicted octanol–water partition coefficient (Wildman–Crippen LogP) is 3.35. The Hall–Kier alpha value is -1.55. The molecular weight excluding hydrogens is 275 g/mol. The fraction of sp³-hybridized carbons (Fsp3) is 0.118. The van der Waals surface area contributed by atoms with E-state index in [1.165, 1.54) is 0 Å². The second-order valence-electron chi connectivity index (χ2n) is 4.56. The van der Waals surface area contributed by atoms with Crippen LogP contribution in [0, 0.1) is 0 Å². The molecular formula is C17H14NaO3. The predicted molar refractivity (Wildman–Crippen MR) is 82.0 cm³/mol. The van der Waals surface area contributed by atoms with Crippen molar-refractivity contribution in [2.45, 2.75) is 6.42 Å². The van der Waals surface area contributed by atoms with Crippen molar-refractivity contribution in [1.29, 1.82) is 0 Å². The Morgan fingerprint density at radius 1 is 1.19 bits per heavy atom. The summed E-state index contributed by atoms with van der Waals surface area (Å²) in [4.78, 5) is 12.1. The first-order chi connectivity index (χ1) is 9.79. The Morgan fingerprint density at radius 2 is 1.95 bits per heavy atom. The molecule has 1 aliphatic rings. The summed E-state index contributed by atoms with van der Waals surface area (Å²) >= 11 is 0. The standard InChI is InChI=1S/C17H14O3.Na/c1-2-10-19-17(18)13-7-5-9-16-14(13)11-12-6-3-4-8-15(12)20-16;/h2-9H,1,10-11H2;. The van der Waals surface area contributed by atoms with Gasteiger partial charge >= 0.3 is 5.97 Å². The van der Waals surface area contributed by atoms with Crippen LogP contribution in [0.15, 0.2) is 55.1 Å². The molecule has 101 valence electrons. The molecule has 0 N–H and O–H groups in total. The van der Waals surface area contributed by atoms with E-state index in [9.17, 15) is 4.79 Å². The number of fused-ring (bicyclic) bond motifs is 2. The molecule has 0 aliphatic carbocycles. The molecule has 0 atom stereocenters. The Morgan fingerprint density at radius 3 is 2.76 bits per heavy atom. The van der Waals surface area contributed by atoms with Gasteiger partial charge in [-0.1, -0.05) is 36.9 Å². The molecule has 0 spiro atoms. The molecule has 21 heavy (non-hydrogen) atoms. The number of carbonyl (C=O) groups excluding carboxylic acids is 1. The molecule has 1 aliphatic heterocycles. The minimum Gasteiger partial charge on any atom is -0.458 e. The van der Waals surface area contributed by atoms with Crippen LogP contribution in [-0.4, -0.2) is 42.1 Å². The van der Waals surface area contributed by atoms with Gasteiger partial charge in [0.2, 0.25) is 0 Å². The van der Waals surface area contributed by atoms with E-state index in [4.69, 9.17) is 9.47 Å². The molecule has 0 fully saturated rings. The number of ether oxygens (including phenoxy) is 2. The van der Waals surface area contributed by atoms with Gasteiger partial charge in [-0.25, -0.2) is 4.79 Å². The zero-order chi connectivity index (χ0) is 13.9. The van der Waals surface area contributed by atoms with Gasteiger partial charge in [0.05, 0.1) is 5.56 Å². The van der Waals surface area contributed by atoms with E-state index in [1.54, 1.807) is 18.2 Å². The van der Waals surface area contributed by atoms with Gasteiger partial charge in [0.1, 0.15) is 18.1 Å². The van der Waals surface area contributed by atoms with Gasteiger partial charge in [-0.05, 0) is 23.8 Å². The van der Waals surface area contributed by atoms with Crippen molar-refractivity contribution in [2.24, 2.45) is 0 Å². The van der Waals surface area contributed by atoms with E-state index in [-0.39, 0.29) is 42.1 Å². The fourth-order valence-corrected chi connectivity index (χ4v) is 2.31. The molecule has 4 heteroatoms. The zero-order valence-electron chi connectivity index (χ0n) is 12.0. The van der Waals surface area contributed by atoms with Gasteiger partial charge in [-0.2, -0.15) is 0 Å². The minimum absolute atomic E-state index is 0. The summed E-state index contributed by atoms with van der Waals surface area (Å²) in [5.74, 6) is 1.22. The quantitative estimate of drug-likeness (QED) is 0.421. The monoisotopic (exact) mass is 289 g/mol. The summed E-state index contributed by atoms with van der Waals surface area (Å²) in [5, 5.41) is 0. The molecule has 0 unspecified atom stereocenters.